The van der Waals surface area contributed by atoms with Crippen LogP contribution < -0.4 is 10.1 Å². The summed E-state index contributed by atoms with van der Waals surface area (Å²) in [4.78, 5) is 25.4. The van der Waals surface area contributed by atoms with Crippen LogP contribution in [0.5, 0.6) is 5.75 Å². The van der Waals surface area contributed by atoms with Gasteiger partial charge in [0.2, 0.25) is 0 Å². The van der Waals surface area contributed by atoms with Gasteiger partial charge in [-0.2, -0.15) is 0 Å². The van der Waals surface area contributed by atoms with Crippen molar-refractivity contribution in [3.8, 4) is 5.75 Å². The fraction of sp³-hybridized carbons (Fsp3) is 0.182. The number of imidazole rings is 1. The maximum Gasteiger partial charge on any atom is 0.272 e. The molecule has 1 N–H and O–H groups in total. The molecule has 2 heterocycles. The number of hydrogen-bond acceptors (Lipinski definition) is 5. The second-order valence-electron chi connectivity index (χ2n) is 6.83. The number of methoxy groups -OCH3 is 1. The van der Waals surface area contributed by atoms with Crippen molar-refractivity contribution in [1.82, 2.24) is 24.8 Å². The van der Waals surface area contributed by atoms with Gasteiger partial charge in [-0.3, -0.25) is 9.78 Å². The van der Waals surface area contributed by atoms with Crippen LogP contribution in [0, 0.1) is 0 Å². The number of fused-ring (bicyclic) bond motifs is 1. The maximum absolute atomic E-state index is 12.6. The van der Waals surface area contributed by atoms with Crippen molar-refractivity contribution in [3.05, 3.63) is 83.2 Å². The Bertz CT molecular complexity index is 1190. The molecule has 0 aliphatic rings. The van der Waals surface area contributed by atoms with E-state index in [0.29, 0.717) is 11.6 Å². The number of halogens is 1. The Morgan fingerprint density at radius 1 is 1.23 bits per heavy atom. The monoisotopic (exact) mass is 421 g/mol. The highest BCUT2D eigenvalue weighted by Crippen LogP contribution is 2.26. The smallest absolute Gasteiger partial charge is 0.272 e. The van der Waals surface area contributed by atoms with E-state index in [4.69, 9.17) is 21.3 Å². The van der Waals surface area contributed by atoms with Gasteiger partial charge in [-0.1, -0.05) is 23.7 Å². The molecule has 8 heteroatoms. The first-order valence-corrected chi connectivity index (χ1v) is 9.78. The van der Waals surface area contributed by atoms with Crippen LogP contribution in [0.15, 0.2) is 61.1 Å². The Kier molecular flexibility index (Phi) is 5.63. The van der Waals surface area contributed by atoms with E-state index in [0.717, 1.165) is 28.2 Å². The number of aromatic nitrogens is 4. The van der Waals surface area contributed by atoms with E-state index >= 15 is 0 Å². The normalized spacial score (nSPS) is 12.0. The van der Waals surface area contributed by atoms with E-state index in [2.05, 4.69) is 19.9 Å². The molecule has 2 aromatic heterocycles. The van der Waals surface area contributed by atoms with Gasteiger partial charge in [-0.05, 0) is 36.8 Å². The number of benzene rings is 2. The third-order valence-electron chi connectivity index (χ3n) is 4.75. The van der Waals surface area contributed by atoms with Crippen LogP contribution in [0.4, 0.5) is 0 Å². The van der Waals surface area contributed by atoms with E-state index < -0.39 is 0 Å². The topological polar surface area (TPSA) is 81.9 Å². The molecule has 0 saturated carbocycles. The van der Waals surface area contributed by atoms with Crippen LogP contribution in [0.3, 0.4) is 0 Å². The molecule has 1 atom stereocenters. The van der Waals surface area contributed by atoms with E-state index in [1.54, 1.807) is 7.11 Å². The predicted molar refractivity (Wildman–Crippen MR) is 115 cm³/mol. The molecular weight excluding hydrogens is 402 g/mol. The van der Waals surface area contributed by atoms with Crippen LogP contribution in [-0.2, 0) is 6.54 Å². The first kappa shape index (κ1) is 19.8. The molecule has 4 aromatic rings. The Morgan fingerprint density at radius 2 is 2.10 bits per heavy atom. The van der Waals surface area contributed by atoms with Gasteiger partial charge in [0, 0.05) is 30.0 Å². The molecule has 4 rings (SSSR count). The molecule has 30 heavy (non-hydrogen) atoms. The summed E-state index contributed by atoms with van der Waals surface area (Å²) >= 11 is 6.18. The number of ether oxygens (including phenoxy) is 1. The molecule has 0 bridgehead atoms. The Balaban J connectivity index is 1.73. The molecule has 0 aliphatic carbocycles. The summed E-state index contributed by atoms with van der Waals surface area (Å²) in [5.41, 5.74) is 3.00. The Labute approximate surface area is 178 Å². The predicted octanol–water partition coefficient (Wildman–Crippen LogP) is 4.03. The molecule has 0 aliphatic heterocycles. The lowest BCUT2D eigenvalue weighted by atomic mass is 10.2. The second kappa shape index (κ2) is 8.51. The second-order valence-corrected chi connectivity index (χ2v) is 7.26. The summed E-state index contributed by atoms with van der Waals surface area (Å²) < 4.78 is 7.45. The highest BCUT2D eigenvalue weighted by Gasteiger charge is 2.20. The number of rotatable bonds is 6. The summed E-state index contributed by atoms with van der Waals surface area (Å²) in [6.45, 7) is 2.44. The van der Waals surface area contributed by atoms with Crippen molar-refractivity contribution < 1.29 is 9.53 Å². The van der Waals surface area contributed by atoms with Crippen molar-refractivity contribution in [3.63, 3.8) is 0 Å². The SMILES string of the molecule is COc1ccc2nc(C(C)NC(=O)c3cnccn3)n(Cc3cccc(Cl)c3)c2c1. The first-order chi connectivity index (χ1) is 14.5. The lowest BCUT2D eigenvalue weighted by Gasteiger charge is -2.16. The summed E-state index contributed by atoms with van der Waals surface area (Å²) in [6, 6.07) is 13.0. The molecule has 1 amide bonds. The molecule has 0 saturated heterocycles. The lowest BCUT2D eigenvalue weighted by Crippen LogP contribution is -2.29. The van der Waals surface area contributed by atoms with E-state index in [1.165, 1.54) is 18.6 Å². The molecule has 0 spiro atoms. The third-order valence-corrected chi connectivity index (χ3v) is 4.98. The highest BCUT2D eigenvalue weighted by atomic mass is 35.5. The van der Waals surface area contributed by atoms with Crippen LogP contribution in [-0.4, -0.2) is 32.5 Å². The van der Waals surface area contributed by atoms with Gasteiger partial charge in [0.25, 0.3) is 5.91 Å². The maximum atomic E-state index is 12.6. The van der Waals surface area contributed by atoms with Crippen molar-refractivity contribution in [2.75, 3.05) is 7.11 Å². The van der Waals surface area contributed by atoms with E-state index in [9.17, 15) is 4.79 Å². The summed E-state index contributed by atoms with van der Waals surface area (Å²) in [5.74, 6) is 1.14. The fourth-order valence-corrected chi connectivity index (χ4v) is 3.53. The van der Waals surface area contributed by atoms with E-state index in [1.807, 2.05) is 49.4 Å². The first-order valence-electron chi connectivity index (χ1n) is 9.40. The number of carbonyl (C=O) groups is 1. The molecule has 1 unspecified atom stereocenters. The molecule has 2 aromatic carbocycles. The Morgan fingerprint density at radius 3 is 2.83 bits per heavy atom. The molecule has 0 fully saturated rings. The zero-order valence-electron chi connectivity index (χ0n) is 16.5. The number of nitrogens with one attached hydrogen (secondary N) is 1. The van der Waals surface area contributed by atoms with Gasteiger partial charge in [0.05, 0.1) is 30.4 Å². The summed E-state index contributed by atoms with van der Waals surface area (Å²) in [5, 5.41) is 3.62. The van der Waals surface area contributed by atoms with Crippen molar-refractivity contribution in [1.29, 1.82) is 0 Å². The third kappa shape index (κ3) is 4.11. The standard InChI is InChI=1S/C22H20ClN5O2/c1-14(26-22(29)19-12-24-8-9-25-19)21-27-18-7-6-17(30-2)11-20(18)28(21)13-15-4-3-5-16(23)10-15/h3-12,14H,13H2,1-2H3,(H,26,29). The zero-order valence-corrected chi connectivity index (χ0v) is 17.3. The average molecular weight is 422 g/mol. The highest BCUT2D eigenvalue weighted by molar-refractivity contribution is 6.30. The van der Waals surface area contributed by atoms with Crippen LogP contribution in [0.25, 0.3) is 11.0 Å². The van der Waals surface area contributed by atoms with Gasteiger partial charge in [0.1, 0.15) is 17.3 Å². The summed E-state index contributed by atoms with van der Waals surface area (Å²) in [6.07, 6.45) is 4.44. The minimum Gasteiger partial charge on any atom is -0.497 e. The summed E-state index contributed by atoms with van der Waals surface area (Å²) in [7, 11) is 1.63. The zero-order chi connectivity index (χ0) is 21.1. The number of hydrogen-bond donors (Lipinski definition) is 1. The number of nitrogens with zero attached hydrogens (tertiary/aromatic N) is 4. The number of carbonyl (C=O) groups excluding carboxylic acids is 1. The van der Waals surface area contributed by atoms with Gasteiger partial charge >= 0.3 is 0 Å². The van der Waals surface area contributed by atoms with Crippen molar-refractivity contribution in [2.24, 2.45) is 0 Å². The molecule has 0 radical (unpaired) electrons. The molecular formula is C22H20ClN5O2. The van der Waals surface area contributed by atoms with Gasteiger partial charge in [-0.15, -0.1) is 0 Å². The fourth-order valence-electron chi connectivity index (χ4n) is 3.31. The minimum atomic E-state index is -0.364. The Hall–Kier alpha value is -3.45. The van der Waals surface area contributed by atoms with Gasteiger partial charge < -0.3 is 14.6 Å². The van der Waals surface area contributed by atoms with E-state index in [-0.39, 0.29) is 17.6 Å². The minimum absolute atomic E-state index is 0.253. The van der Waals surface area contributed by atoms with Crippen LogP contribution >= 0.6 is 11.6 Å². The van der Waals surface area contributed by atoms with Crippen LogP contribution in [0.2, 0.25) is 5.02 Å². The largest absolute Gasteiger partial charge is 0.497 e. The van der Waals surface area contributed by atoms with Crippen molar-refractivity contribution >= 4 is 28.5 Å². The number of amides is 1. The van der Waals surface area contributed by atoms with Crippen LogP contribution in [0.1, 0.15) is 34.8 Å². The molecule has 152 valence electrons. The molecule has 7 nitrogen and oxygen atoms in total. The lowest BCUT2D eigenvalue weighted by molar-refractivity contribution is 0.0932. The van der Waals surface area contributed by atoms with Gasteiger partial charge in [-0.25, -0.2) is 9.97 Å². The van der Waals surface area contributed by atoms with Crippen molar-refractivity contribution in [2.45, 2.75) is 19.5 Å². The van der Waals surface area contributed by atoms with Gasteiger partial charge in [0.15, 0.2) is 0 Å². The average Bonchev–Trinajstić information content (AvgIpc) is 3.12. The quantitative estimate of drug-likeness (QED) is 0.508.